The molecule has 0 radical (unpaired) electrons. The Morgan fingerprint density at radius 1 is 1.05 bits per heavy atom. The van der Waals surface area contributed by atoms with E-state index in [1.807, 2.05) is 6.07 Å². The maximum atomic E-state index is 5.67. The normalized spacial score (nSPS) is 10.3. The van der Waals surface area contributed by atoms with Crippen LogP contribution >= 0.6 is 0 Å². The van der Waals surface area contributed by atoms with Crippen molar-refractivity contribution in [3.8, 4) is 17.2 Å². The summed E-state index contributed by atoms with van der Waals surface area (Å²) in [5.74, 6) is 2.72. The van der Waals surface area contributed by atoms with Crippen molar-refractivity contribution in [3.05, 3.63) is 41.9 Å². The van der Waals surface area contributed by atoms with Crippen LogP contribution in [0.4, 0.5) is 0 Å². The zero-order valence-corrected chi connectivity index (χ0v) is 11.0. The number of furan rings is 1. The zero-order valence-electron chi connectivity index (χ0n) is 11.0. The lowest BCUT2D eigenvalue weighted by Crippen LogP contribution is -2.02. The molecule has 0 aliphatic heterocycles. The van der Waals surface area contributed by atoms with Crippen LogP contribution in [-0.2, 0) is 13.2 Å². The Labute approximate surface area is 111 Å². The molecule has 19 heavy (non-hydrogen) atoms. The maximum absolute atomic E-state index is 5.67. The minimum absolute atomic E-state index is 0.315. The third-order valence-corrected chi connectivity index (χ3v) is 2.75. The fourth-order valence-electron chi connectivity index (χ4n) is 1.69. The van der Waals surface area contributed by atoms with Crippen molar-refractivity contribution in [3.63, 3.8) is 0 Å². The molecule has 0 aliphatic carbocycles. The Balaban J connectivity index is 2.10. The first-order valence-corrected chi connectivity index (χ1v) is 5.88. The van der Waals surface area contributed by atoms with Gasteiger partial charge in [-0.3, -0.25) is 0 Å². The van der Waals surface area contributed by atoms with Gasteiger partial charge in [0.2, 0.25) is 0 Å². The van der Waals surface area contributed by atoms with Crippen molar-refractivity contribution in [2.45, 2.75) is 13.2 Å². The van der Waals surface area contributed by atoms with Gasteiger partial charge in [-0.2, -0.15) is 0 Å². The molecular formula is C14H17NO4. The van der Waals surface area contributed by atoms with E-state index in [1.54, 1.807) is 38.7 Å². The Morgan fingerprint density at radius 2 is 1.68 bits per heavy atom. The lowest BCUT2D eigenvalue weighted by atomic mass is 10.2. The summed E-state index contributed by atoms with van der Waals surface area (Å²) < 4.78 is 21.3. The second-order valence-electron chi connectivity index (χ2n) is 3.91. The minimum atomic E-state index is 0.315. The van der Waals surface area contributed by atoms with Gasteiger partial charge in [-0.25, -0.2) is 0 Å². The predicted octanol–water partition coefficient (Wildman–Crippen LogP) is 2.33. The highest BCUT2D eigenvalue weighted by Crippen LogP contribution is 2.28. The van der Waals surface area contributed by atoms with Crippen LogP contribution in [0, 0.1) is 0 Å². The minimum Gasteiger partial charge on any atom is -0.496 e. The molecule has 0 atom stereocenters. The first-order valence-electron chi connectivity index (χ1n) is 5.88. The van der Waals surface area contributed by atoms with Crippen LogP contribution in [0.1, 0.15) is 11.3 Å². The van der Waals surface area contributed by atoms with Crippen molar-refractivity contribution >= 4 is 0 Å². The molecule has 0 spiro atoms. The molecule has 2 aromatic rings. The predicted molar refractivity (Wildman–Crippen MR) is 70.5 cm³/mol. The number of hydrogen-bond donors (Lipinski definition) is 1. The van der Waals surface area contributed by atoms with Gasteiger partial charge < -0.3 is 24.4 Å². The third-order valence-electron chi connectivity index (χ3n) is 2.75. The van der Waals surface area contributed by atoms with E-state index in [9.17, 15) is 0 Å². The molecule has 1 heterocycles. The molecule has 1 aromatic carbocycles. The Bertz CT molecular complexity index is 514. The molecule has 5 heteroatoms. The third kappa shape index (κ3) is 3.20. The number of benzene rings is 1. The van der Waals surface area contributed by atoms with Crippen molar-refractivity contribution in [2.75, 3.05) is 14.2 Å². The van der Waals surface area contributed by atoms with Gasteiger partial charge in [-0.05, 0) is 6.07 Å². The summed E-state index contributed by atoms with van der Waals surface area (Å²) in [7, 11) is 3.19. The number of rotatable bonds is 6. The average Bonchev–Trinajstić information content (AvgIpc) is 2.92. The van der Waals surface area contributed by atoms with Gasteiger partial charge in [0, 0.05) is 30.3 Å². The molecular weight excluding hydrogens is 246 g/mol. The number of ether oxygens (including phenoxy) is 3. The van der Waals surface area contributed by atoms with Crippen molar-refractivity contribution in [2.24, 2.45) is 5.73 Å². The second-order valence-corrected chi connectivity index (χ2v) is 3.91. The Hall–Kier alpha value is -2.14. The first-order chi connectivity index (χ1) is 9.26. The van der Waals surface area contributed by atoms with E-state index in [1.165, 1.54) is 0 Å². The first kappa shape index (κ1) is 13.3. The molecule has 0 saturated carbocycles. The molecule has 0 saturated heterocycles. The second kappa shape index (κ2) is 6.15. The Kier molecular flexibility index (Phi) is 4.30. The van der Waals surface area contributed by atoms with Crippen LogP contribution in [0.25, 0.3) is 0 Å². The van der Waals surface area contributed by atoms with Gasteiger partial charge in [0.1, 0.15) is 29.6 Å². The lowest BCUT2D eigenvalue weighted by molar-refractivity contribution is 0.265. The fraction of sp³-hybridized carbons (Fsp3) is 0.286. The van der Waals surface area contributed by atoms with Gasteiger partial charge in [0.25, 0.3) is 0 Å². The largest absolute Gasteiger partial charge is 0.496 e. The quantitative estimate of drug-likeness (QED) is 0.866. The van der Waals surface area contributed by atoms with Gasteiger partial charge in [0.05, 0.1) is 20.5 Å². The van der Waals surface area contributed by atoms with Crippen LogP contribution in [0.3, 0.4) is 0 Å². The molecule has 102 valence electrons. The SMILES string of the molecule is COc1cc(OC)cc(OCc2occc2CN)c1. The molecule has 0 fully saturated rings. The topological polar surface area (TPSA) is 66.8 Å². The van der Waals surface area contributed by atoms with Crippen molar-refractivity contribution in [1.29, 1.82) is 0 Å². The molecule has 0 aliphatic rings. The van der Waals surface area contributed by atoms with Crippen molar-refractivity contribution in [1.82, 2.24) is 0 Å². The van der Waals surface area contributed by atoms with E-state index in [-0.39, 0.29) is 0 Å². The summed E-state index contributed by atoms with van der Waals surface area (Å²) >= 11 is 0. The number of methoxy groups -OCH3 is 2. The van der Waals surface area contributed by atoms with Gasteiger partial charge >= 0.3 is 0 Å². The summed E-state index contributed by atoms with van der Waals surface area (Å²) in [6.45, 7) is 0.743. The number of nitrogens with two attached hydrogens (primary N) is 1. The highest BCUT2D eigenvalue weighted by molar-refractivity contribution is 5.42. The molecule has 5 nitrogen and oxygen atoms in total. The van der Waals surface area contributed by atoms with E-state index in [2.05, 4.69) is 0 Å². The molecule has 2 rings (SSSR count). The zero-order chi connectivity index (χ0) is 13.7. The average molecular weight is 263 g/mol. The van der Waals surface area contributed by atoms with Gasteiger partial charge in [0.15, 0.2) is 0 Å². The summed E-state index contributed by atoms with van der Waals surface area (Å²) in [6.07, 6.45) is 1.60. The monoisotopic (exact) mass is 263 g/mol. The molecule has 0 unspecified atom stereocenters. The molecule has 1 aromatic heterocycles. The van der Waals surface area contributed by atoms with E-state index in [0.717, 1.165) is 11.3 Å². The van der Waals surface area contributed by atoms with Crippen LogP contribution < -0.4 is 19.9 Å². The standard InChI is InChI=1S/C14H17NO4/c1-16-11-5-12(17-2)7-13(6-11)19-9-14-10(8-15)3-4-18-14/h3-7H,8-9,15H2,1-2H3. The van der Waals surface area contributed by atoms with Crippen molar-refractivity contribution < 1.29 is 18.6 Å². The summed E-state index contributed by atoms with van der Waals surface area (Å²) in [5.41, 5.74) is 6.54. The van der Waals surface area contributed by atoms with Crippen LogP contribution in [0.5, 0.6) is 17.2 Å². The summed E-state index contributed by atoms with van der Waals surface area (Å²) in [6, 6.07) is 7.19. The lowest BCUT2D eigenvalue weighted by Gasteiger charge is -2.09. The van der Waals surface area contributed by atoms with Crippen LogP contribution in [0.15, 0.2) is 34.9 Å². The van der Waals surface area contributed by atoms with Gasteiger partial charge in [-0.1, -0.05) is 0 Å². The highest BCUT2D eigenvalue weighted by atomic mass is 16.5. The number of hydrogen-bond acceptors (Lipinski definition) is 5. The van der Waals surface area contributed by atoms with E-state index >= 15 is 0 Å². The summed E-state index contributed by atoms with van der Waals surface area (Å²) in [4.78, 5) is 0. The summed E-state index contributed by atoms with van der Waals surface area (Å²) in [5, 5.41) is 0. The van der Waals surface area contributed by atoms with E-state index in [4.69, 9.17) is 24.4 Å². The van der Waals surface area contributed by atoms with Gasteiger partial charge in [-0.15, -0.1) is 0 Å². The smallest absolute Gasteiger partial charge is 0.146 e. The fourth-order valence-corrected chi connectivity index (χ4v) is 1.69. The molecule has 2 N–H and O–H groups in total. The molecule has 0 amide bonds. The Morgan fingerprint density at radius 3 is 2.26 bits per heavy atom. The van der Waals surface area contributed by atoms with E-state index < -0.39 is 0 Å². The van der Waals surface area contributed by atoms with Crippen LogP contribution in [0.2, 0.25) is 0 Å². The highest BCUT2D eigenvalue weighted by Gasteiger charge is 2.07. The molecule has 0 bridgehead atoms. The maximum Gasteiger partial charge on any atom is 0.146 e. The van der Waals surface area contributed by atoms with E-state index in [0.29, 0.717) is 30.4 Å². The van der Waals surface area contributed by atoms with Crippen LogP contribution in [-0.4, -0.2) is 14.2 Å².